The molecule has 4 unspecified atom stereocenters. The quantitative estimate of drug-likeness (QED) is 0.121. The second-order valence-electron chi connectivity index (χ2n) is 15.5. The molecule has 1 aromatic rings. The van der Waals surface area contributed by atoms with Crippen LogP contribution in [0.25, 0.3) is 0 Å². The molecule has 11 heteroatoms. The number of aliphatic carboxylic acids is 1. The first-order valence-electron chi connectivity index (χ1n) is 18.8. The summed E-state index contributed by atoms with van der Waals surface area (Å²) in [5, 5.41) is 13.8. The molecule has 2 rings (SSSR count). The van der Waals surface area contributed by atoms with Crippen LogP contribution in [0, 0.1) is 35.5 Å². The third-order valence-electron chi connectivity index (χ3n) is 11.8. The lowest BCUT2D eigenvalue weighted by molar-refractivity contribution is -0.145. The fraction of sp³-hybridized carbons (Fsp3) is 0.795. The molecule has 1 aromatic carbocycles. The van der Waals surface area contributed by atoms with Crippen LogP contribution in [0.5, 0.6) is 0 Å². The summed E-state index contributed by atoms with van der Waals surface area (Å²) in [7, 11) is 9.42. The van der Waals surface area contributed by atoms with Gasteiger partial charge in [0, 0.05) is 68.7 Å². The van der Waals surface area contributed by atoms with Gasteiger partial charge in [-0.1, -0.05) is 71.4 Å². The first-order chi connectivity index (χ1) is 23.6. The number of ether oxygens (including phenoxy) is 2. The maximum Gasteiger partial charge on any atom is 0.308 e. The Morgan fingerprint density at radius 3 is 2.08 bits per heavy atom. The van der Waals surface area contributed by atoms with Gasteiger partial charge in [0.1, 0.15) is 0 Å². The van der Waals surface area contributed by atoms with Crippen molar-refractivity contribution in [1.29, 1.82) is 0 Å². The summed E-state index contributed by atoms with van der Waals surface area (Å²) in [6, 6.07) is 8.25. The molecule has 1 heterocycles. The first-order valence-corrected chi connectivity index (χ1v) is 18.8. The molecule has 1 saturated heterocycles. The van der Waals surface area contributed by atoms with Crippen molar-refractivity contribution in [3.63, 3.8) is 0 Å². The molecule has 0 bridgehead atoms. The van der Waals surface area contributed by atoms with Gasteiger partial charge in [0.2, 0.25) is 5.91 Å². The van der Waals surface area contributed by atoms with Crippen LogP contribution < -0.4 is 22.5 Å². The number of nitrogens with zero attached hydrogens (tertiary/aromatic N) is 2. The summed E-state index contributed by atoms with van der Waals surface area (Å²) in [6.45, 7) is 13.4. The lowest BCUT2D eigenvalue weighted by atomic mass is 9.69. The number of rotatable bonds is 22. The van der Waals surface area contributed by atoms with Crippen molar-refractivity contribution < 1.29 is 24.2 Å². The van der Waals surface area contributed by atoms with Crippen LogP contribution in [0.3, 0.4) is 0 Å². The monoisotopic (exact) mass is 705 g/mol. The normalized spacial score (nSPS) is 22.6. The molecule has 0 aliphatic carbocycles. The van der Waals surface area contributed by atoms with E-state index in [1.807, 2.05) is 56.1 Å². The zero-order chi connectivity index (χ0) is 37.9. The second kappa shape index (κ2) is 20.8. The van der Waals surface area contributed by atoms with Crippen molar-refractivity contribution in [3.05, 3.63) is 35.9 Å². The zero-order valence-corrected chi connectivity index (χ0v) is 32.9. The van der Waals surface area contributed by atoms with E-state index in [-0.39, 0.29) is 72.3 Å². The van der Waals surface area contributed by atoms with Crippen LogP contribution in [0.4, 0.5) is 0 Å². The molecule has 8 N–H and O–H groups in total. The third-order valence-corrected chi connectivity index (χ3v) is 11.8. The van der Waals surface area contributed by atoms with Crippen LogP contribution in [0.1, 0.15) is 72.8 Å². The predicted octanol–water partition coefficient (Wildman–Crippen LogP) is 3.43. The molecule has 0 aromatic heterocycles. The third kappa shape index (κ3) is 10.9. The fourth-order valence-electron chi connectivity index (χ4n) is 9.07. The first kappa shape index (κ1) is 44.0. The summed E-state index contributed by atoms with van der Waals surface area (Å²) < 4.78 is 12.3. The number of amides is 1. The molecule has 1 fully saturated rings. The lowest BCUT2D eigenvalue weighted by Gasteiger charge is -2.47. The Labute approximate surface area is 303 Å². The summed E-state index contributed by atoms with van der Waals surface area (Å²) in [5.74, 6) is -1.64. The van der Waals surface area contributed by atoms with Crippen LogP contribution in [0.15, 0.2) is 30.3 Å². The number of methoxy groups -OCH3 is 2. The van der Waals surface area contributed by atoms with Crippen molar-refractivity contribution in [2.75, 3.05) is 41.9 Å². The van der Waals surface area contributed by atoms with Crippen molar-refractivity contribution in [1.82, 2.24) is 15.1 Å². The molecule has 13 atom stereocenters. The van der Waals surface area contributed by atoms with E-state index >= 15 is 0 Å². The minimum Gasteiger partial charge on any atom is -0.481 e. The highest BCUT2D eigenvalue weighted by molar-refractivity contribution is 5.77. The molecule has 50 heavy (non-hydrogen) atoms. The van der Waals surface area contributed by atoms with Gasteiger partial charge in [-0.25, -0.2) is 0 Å². The lowest BCUT2D eigenvalue weighted by Crippen LogP contribution is -2.63. The van der Waals surface area contributed by atoms with Gasteiger partial charge in [-0.3, -0.25) is 9.59 Å². The molecule has 1 aliphatic heterocycles. The van der Waals surface area contributed by atoms with Crippen LogP contribution in [-0.4, -0.2) is 117 Å². The van der Waals surface area contributed by atoms with E-state index < -0.39 is 24.0 Å². The van der Waals surface area contributed by atoms with Crippen LogP contribution in [-0.2, 0) is 25.5 Å². The smallest absolute Gasteiger partial charge is 0.308 e. The van der Waals surface area contributed by atoms with Gasteiger partial charge in [0.15, 0.2) is 0 Å². The molecule has 11 nitrogen and oxygen atoms in total. The molecule has 0 saturated carbocycles. The van der Waals surface area contributed by atoms with Gasteiger partial charge in [0.25, 0.3) is 0 Å². The van der Waals surface area contributed by atoms with E-state index in [4.69, 9.17) is 26.7 Å². The highest BCUT2D eigenvalue weighted by Gasteiger charge is 2.46. The van der Waals surface area contributed by atoms with E-state index in [1.54, 1.807) is 14.2 Å². The maximum atomic E-state index is 14.4. The molecular weight excluding hydrogens is 632 g/mol. The minimum atomic E-state index is -0.935. The van der Waals surface area contributed by atoms with Gasteiger partial charge in [-0.05, 0) is 64.7 Å². The topological polar surface area (TPSA) is 169 Å². The number of likely N-dealkylation sites (N-methyl/N-ethyl adjacent to an activating group) is 1. The molecule has 288 valence electrons. The van der Waals surface area contributed by atoms with Crippen molar-refractivity contribution in [3.8, 4) is 0 Å². The minimum absolute atomic E-state index is 0.000563. The van der Waals surface area contributed by atoms with Gasteiger partial charge < -0.3 is 46.9 Å². The Morgan fingerprint density at radius 2 is 1.62 bits per heavy atom. The predicted molar refractivity (Wildman–Crippen MR) is 203 cm³/mol. The van der Waals surface area contributed by atoms with Gasteiger partial charge >= 0.3 is 5.97 Å². The Morgan fingerprint density at radius 1 is 1.00 bits per heavy atom. The summed E-state index contributed by atoms with van der Waals surface area (Å²) in [6.07, 6.45) is 2.20. The highest BCUT2D eigenvalue weighted by Crippen LogP contribution is 2.36. The Balaban J connectivity index is 2.39. The van der Waals surface area contributed by atoms with E-state index in [2.05, 4.69) is 52.0 Å². The standard InChI is InChI=1S/C39H72N6O5/c1-12-24(4)32(36(43-7)33(26(6)40)35(42)37(23(2)3)44(8)9)30(49-10)22-31(46)45-20-16-19-29(45)38(50-11)25(5)34(41)28(39(47)48)21-27-17-14-13-15-18-27/h13-15,17-18,23-26,28-30,32-38,43H,12,16,19-22,40-42H2,1-11H3,(H,47,48)/t24-,25+,26-,28?,29-,30+,32+,33-,34?,35?,36?,37-,38+/m0/s1. The number of carboxylic acids is 1. The summed E-state index contributed by atoms with van der Waals surface area (Å²) >= 11 is 0. The Kier molecular flexibility index (Phi) is 18.3. The van der Waals surface area contributed by atoms with Crippen molar-refractivity contribution in [2.45, 2.75) is 122 Å². The summed E-state index contributed by atoms with van der Waals surface area (Å²) in [4.78, 5) is 30.9. The van der Waals surface area contributed by atoms with Gasteiger partial charge in [-0.2, -0.15) is 0 Å². The summed E-state index contributed by atoms with van der Waals surface area (Å²) in [5.41, 5.74) is 21.5. The van der Waals surface area contributed by atoms with Crippen LogP contribution >= 0.6 is 0 Å². The second-order valence-corrected chi connectivity index (χ2v) is 15.5. The molecule has 0 radical (unpaired) electrons. The molecule has 1 aliphatic rings. The molecule has 0 spiro atoms. The van der Waals surface area contributed by atoms with Crippen LogP contribution in [0.2, 0.25) is 0 Å². The Hall–Kier alpha value is -2.12. The average Bonchev–Trinajstić information content (AvgIpc) is 3.55. The van der Waals surface area contributed by atoms with E-state index in [1.165, 1.54) is 0 Å². The molecule has 1 amide bonds. The number of hydrogen-bond donors (Lipinski definition) is 5. The number of hydrogen-bond acceptors (Lipinski definition) is 9. The van der Waals surface area contributed by atoms with Gasteiger partial charge in [0.05, 0.1) is 30.6 Å². The van der Waals surface area contributed by atoms with Crippen molar-refractivity contribution in [2.24, 2.45) is 52.7 Å². The number of carbonyl (C=O) groups excluding carboxylic acids is 1. The van der Waals surface area contributed by atoms with Gasteiger partial charge in [-0.15, -0.1) is 0 Å². The number of carbonyl (C=O) groups is 2. The SMILES string of the molecule is CC[C@H](C)[C@@H](C(NC)[C@H](C(N)[C@H](C(C)C)N(C)C)[C@H](C)N)[C@@H](CC(=O)N1CCC[C@H]1[C@H](OC)[C@H](C)C(N)C(Cc1ccccc1)C(=O)O)OC. The number of carboxylic acid groups (broad SMARTS) is 1. The zero-order valence-electron chi connectivity index (χ0n) is 32.9. The maximum absolute atomic E-state index is 14.4. The number of nitrogens with two attached hydrogens (primary N) is 3. The largest absolute Gasteiger partial charge is 0.481 e. The highest BCUT2D eigenvalue weighted by atomic mass is 16.5. The fourth-order valence-corrected chi connectivity index (χ4v) is 9.07. The average molecular weight is 705 g/mol. The number of nitrogens with one attached hydrogen (secondary N) is 1. The number of likely N-dealkylation sites (tertiary alicyclic amines) is 1. The number of benzene rings is 1. The van der Waals surface area contributed by atoms with E-state index in [9.17, 15) is 14.7 Å². The van der Waals surface area contributed by atoms with Crippen molar-refractivity contribution >= 4 is 11.9 Å². The van der Waals surface area contributed by atoms with E-state index in [0.717, 1.165) is 24.8 Å². The molecular formula is C39H72N6O5. The van der Waals surface area contributed by atoms with E-state index in [0.29, 0.717) is 18.9 Å². The Bertz CT molecular complexity index is 1130.